The third kappa shape index (κ3) is 17.9. The Morgan fingerprint density at radius 3 is 0.569 bits per heavy atom. The Kier molecular flexibility index (Phi) is 35.4. The van der Waals surface area contributed by atoms with Crippen LogP contribution < -0.4 is 0 Å². The Morgan fingerprint density at radius 2 is 0.397 bits per heavy atom. The zero-order valence-electron chi connectivity index (χ0n) is 38.1. The molecule has 0 N–H and O–H groups in total. The SMILES string of the molecule is CC.CC.CC.CC.CC.CC.CC.c1ccc2c(c1)c1ccccc1c1ccccc21.c1ccc2c(c1)ccc1ccccc12.c1cncnc1.c1cncnc1. The molecule has 0 spiro atoms. The molecule has 0 bridgehead atoms. The molecule has 0 radical (unpaired) electrons. The Hall–Kier alpha value is -6.00. The lowest BCUT2D eigenvalue weighted by Gasteiger charge is -2.09. The minimum atomic E-state index is 1.31. The van der Waals surface area contributed by atoms with Crippen molar-refractivity contribution in [2.45, 2.75) is 96.9 Å². The van der Waals surface area contributed by atoms with E-state index in [1.54, 1.807) is 36.9 Å². The van der Waals surface area contributed by atoms with Crippen molar-refractivity contribution >= 4 is 53.9 Å². The van der Waals surface area contributed by atoms with Crippen LogP contribution in [0.25, 0.3) is 53.9 Å². The van der Waals surface area contributed by atoms with E-state index in [1.165, 1.54) is 66.5 Å². The van der Waals surface area contributed by atoms with Gasteiger partial charge in [-0.05, 0) is 66.0 Å². The molecular formula is C54H72N4. The third-order valence-electron chi connectivity index (χ3n) is 7.26. The summed E-state index contributed by atoms with van der Waals surface area (Å²) < 4.78 is 0. The van der Waals surface area contributed by atoms with Gasteiger partial charge in [-0.15, -0.1) is 0 Å². The normalized spacial score (nSPS) is 8.52. The monoisotopic (exact) mass is 777 g/mol. The molecule has 0 amide bonds. The quantitative estimate of drug-likeness (QED) is 0.144. The second kappa shape index (κ2) is 37.9. The molecule has 0 aliphatic heterocycles. The largest absolute Gasteiger partial charge is 0.245 e. The molecule has 308 valence electrons. The van der Waals surface area contributed by atoms with Crippen LogP contribution in [0.1, 0.15) is 96.9 Å². The number of benzene rings is 7. The number of rotatable bonds is 0. The second-order valence-corrected chi connectivity index (χ2v) is 9.95. The van der Waals surface area contributed by atoms with E-state index >= 15 is 0 Å². The van der Waals surface area contributed by atoms with Gasteiger partial charge >= 0.3 is 0 Å². The van der Waals surface area contributed by atoms with Crippen LogP contribution in [0.3, 0.4) is 0 Å². The third-order valence-corrected chi connectivity index (χ3v) is 7.26. The maximum absolute atomic E-state index is 3.67. The summed E-state index contributed by atoms with van der Waals surface area (Å²) in [6.07, 6.45) is 9.75. The van der Waals surface area contributed by atoms with Gasteiger partial charge in [-0.2, -0.15) is 0 Å². The summed E-state index contributed by atoms with van der Waals surface area (Å²) in [4.78, 5) is 14.7. The highest BCUT2D eigenvalue weighted by Crippen LogP contribution is 2.34. The number of hydrogen-bond acceptors (Lipinski definition) is 4. The maximum atomic E-state index is 3.67. The summed E-state index contributed by atoms with van der Waals surface area (Å²) in [6.45, 7) is 28.0. The summed E-state index contributed by atoms with van der Waals surface area (Å²) in [5.74, 6) is 0. The van der Waals surface area contributed by atoms with Crippen molar-refractivity contribution in [3.63, 3.8) is 0 Å². The lowest BCUT2D eigenvalue weighted by atomic mass is 9.95. The Labute approximate surface area is 352 Å². The molecule has 2 heterocycles. The Morgan fingerprint density at radius 1 is 0.207 bits per heavy atom. The molecule has 0 unspecified atom stereocenters. The molecule has 0 saturated heterocycles. The van der Waals surface area contributed by atoms with Gasteiger partial charge in [0.2, 0.25) is 0 Å². The summed E-state index contributed by atoms with van der Waals surface area (Å²) in [6, 6.07) is 50.9. The predicted molar refractivity (Wildman–Crippen MR) is 264 cm³/mol. The molecular weight excluding hydrogens is 705 g/mol. The standard InChI is InChI=1S/C18H12.C14H10.2C4H4N2.7C2H6/c1-2-8-14-13(7-1)15-9-3-4-11-17(15)18-12-6-5-10-16(14)18;1-3-7-13-11(5-1)9-10-12-6-2-4-8-14(12)13;2*1-2-5-4-6-3-1;7*1-2/h1-12H;1-10H;2*1-4H;7*1-2H3. The van der Waals surface area contributed by atoms with Gasteiger partial charge in [-0.3, -0.25) is 0 Å². The molecule has 2 aromatic heterocycles. The highest BCUT2D eigenvalue weighted by Gasteiger charge is 2.06. The summed E-state index contributed by atoms with van der Waals surface area (Å²) in [5, 5.41) is 13.3. The van der Waals surface area contributed by atoms with Gasteiger partial charge in [0.05, 0.1) is 0 Å². The van der Waals surface area contributed by atoms with Crippen molar-refractivity contribution in [1.29, 1.82) is 0 Å². The number of fused-ring (bicyclic) bond motifs is 9. The van der Waals surface area contributed by atoms with E-state index in [0.717, 1.165) is 0 Å². The predicted octanol–water partition coefficient (Wildman–Crippen LogP) is 17.3. The lowest BCUT2D eigenvalue weighted by molar-refractivity contribution is 1.17. The summed E-state index contributed by atoms with van der Waals surface area (Å²) >= 11 is 0. The van der Waals surface area contributed by atoms with Crippen molar-refractivity contribution in [3.8, 4) is 0 Å². The van der Waals surface area contributed by atoms with Gasteiger partial charge in [0.1, 0.15) is 12.7 Å². The first kappa shape index (κ1) is 54.1. The van der Waals surface area contributed by atoms with Crippen LogP contribution in [-0.4, -0.2) is 19.9 Å². The average Bonchev–Trinajstić information content (AvgIpc) is 3.37. The minimum absolute atomic E-state index is 1.31. The molecule has 9 rings (SSSR count). The molecule has 0 fully saturated rings. The molecule has 0 saturated carbocycles. The van der Waals surface area contributed by atoms with Crippen molar-refractivity contribution < 1.29 is 0 Å². The van der Waals surface area contributed by atoms with E-state index < -0.39 is 0 Å². The second-order valence-electron chi connectivity index (χ2n) is 9.95. The fraction of sp³-hybridized carbons (Fsp3) is 0.259. The van der Waals surface area contributed by atoms with Crippen molar-refractivity contribution in [2.75, 3.05) is 0 Å². The first-order valence-electron chi connectivity index (χ1n) is 21.4. The Balaban J connectivity index is 0. The van der Waals surface area contributed by atoms with Crippen LogP contribution in [-0.2, 0) is 0 Å². The van der Waals surface area contributed by atoms with Gasteiger partial charge in [0.15, 0.2) is 0 Å². The van der Waals surface area contributed by atoms with Crippen LogP contribution in [0.15, 0.2) is 183 Å². The van der Waals surface area contributed by atoms with E-state index in [0.29, 0.717) is 0 Å². The van der Waals surface area contributed by atoms with Gasteiger partial charge in [-0.1, -0.05) is 230 Å². The molecule has 0 aliphatic carbocycles. The fourth-order valence-corrected chi connectivity index (χ4v) is 5.32. The zero-order valence-corrected chi connectivity index (χ0v) is 38.1. The van der Waals surface area contributed by atoms with Crippen LogP contribution in [0, 0.1) is 0 Å². The molecule has 9 aromatic rings. The lowest BCUT2D eigenvalue weighted by Crippen LogP contribution is -1.81. The molecule has 58 heavy (non-hydrogen) atoms. The molecule has 4 nitrogen and oxygen atoms in total. The van der Waals surface area contributed by atoms with Crippen molar-refractivity contribution in [1.82, 2.24) is 19.9 Å². The van der Waals surface area contributed by atoms with Crippen LogP contribution >= 0.6 is 0 Å². The van der Waals surface area contributed by atoms with E-state index in [9.17, 15) is 0 Å². The van der Waals surface area contributed by atoms with Gasteiger partial charge < -0.3 is 0 Å². The highest BCUT2D eigenvalue weighted by atomic mass is 14.8. The van der Waals surface area contributed by atoms with Crippen molar-refractivity contribution in [2.24, 2.45) is 0 Å². The first-order valence-corrected chi connectivity index (χ1v) is 21.4. The zero-order chi connectivity index (χ0) is 43.8. The first-order chi connectivity index (χ1) is 28.9. The smallest absolute Gasteiger partial charge is 0.115 e. The maximum Gasteiger partial charge on any atom is 0.115 e. The number of hydrogen-bond donors (Lipinski definition) is 0. The van der Waals surface area contributed by atoms with Gasteiger partial charge in [0, 0.05) is 24.8 Å². The van der Waals surface area contributed by atoms with E-state index in [2.05, 4.69) is 153 Å². The van der Waals surface area contributed by atoms with Crippen molar-refractivity contribution in [3.05, 3.63) is 183 Å². The fourth-order valence-electron chi connectivity index (χ4n) is 5.32. The average molecular weight is 777 g/mol. The van der Waals surface area contributed by atoms with E-state index in [1.807, 2.05) is 96.9 Å². The minimum Gasteiger partial charge on any atom is -0.245 e. The number of nitrogens with zero attached hydrogens (tertiary/aromatic N) is 4. The topological polar surface area (TPSA) is 51.6 Å². The summed E-state index contributed by atoms with van der Waals surface area (Å²) in [5.41, 5.74) is 0. The molecule has 4 heteroatoms. The van der Waals surface area contributed by atoms with Crippen LogP contribution in [0.5, 0.6) is 0 Å². The molecule has 7 aromatic carbocycles. The van der Waals surface area contributed by atoms with Gasteiger partial charge in [-0.25, -0.2) is 19.9 Å². The van der Waals surface area contributed by atoms with E-state index in [4.69, 9.17) is 0 Å². The summed E-state index contributed by atoms with van der Waals surface area (Å²) in [7, 11) is 0. The Bertz CT molecular complexity index is 1870. The van der Waals surface area contributed by atoms with E-state index in [-0.39, 0.29) is 0 Å². The molecule has 0 aliphatic rings. The van der Waals surface area contributed by atoms with Crippen LogP contribution in [0.2, 0.25) is 0 Å². The van der Waals surface area contributed by atoms with Crippen LogP contribution in [0.4, 0.5) is 0 Å². The highest BCUT2D eigenvalue weighted by molar-refractivity contribution is 6.25. The number of aromatic nitrogens is 4. The van der Waals surface area contributed by atoms with Gasteiger partial charge in [0.25, 0.3) is 0 Å². The molecule has 0 atom stereocenters.